The lowest BCUT2D eigenvalue weighted by Crippen LogP contribution is -2.25. The van der Waals surface area contributed by atoms with E-state index < -0.39 is 0 Å². The van der Waals surface area contributed by atoms with Gasteiger partial charge in [-0.2, -0.15) is 0 Å². The van der Waals surface area contributed by atoms with Crippen molar-refractivity contribution in [2.24, 2.45) is 0 Å². The molecule has 0 saturated heterocycles. The second kappa shape index (κ2) is 4.43. The molecular weight excluding hydrogens is 193 g/mol. The van der Waals surface area contributed by atoms with Crippen LogP contribution in [0.15, 0.2) is 24.3 Å². The maximum Gasteiger partial charge on any atom is 0.220 e. The summed E-state index contributed by atoms with van der Waals surface area (Å²) in [4.78, 5) is 11.3. The zero-order chi connectivity index (χ0) is 10.7. The van der Waals surface area contributed by atoms with Crippen molar-refractivity contribution in [2.75, 3.05) is 0 Å². The molecular formula is C12H14FNO. The summed E-state index contributed by atoms with van der Waals surface area (Å²) in [6, 6.07) is 6.72. The molecule has 2 nitrogen and oxygen atoms in total. The molecule has 80 valence electrons. The van der Waals surface area contributed by atoms with Crippen LogP contribution < -0.4 is 5.32 Å². The molecule has 1 aromatic carbocycles. The second-order valence-corrected chi connectivity index (χ2v) is 3.97. The standard InChI is InChI=1S/C12H14FNO/c13-10-4-1-9(2-5-10)3-8-12(15)14-11-6-7-11/h1-2,4-5,11H,3,6-8H2,(H,14,15). The molecule has 2 rings (SSSR count). The zero-order valence-electron chi connectivity index (χ0n) is 8.50. The maximum absolute atomic E-state index is 12.6. The molecule has 0 atom stereocenters. The minimum atomic E-state index is -0.235. The zero-order valence-corrected chi connectivity index (χ0v) is 8.50. The fraction of sp³-hybridized carbons (Fsp3) is 0.417. The van der Waals surface area contributed by atoms with Crippen LogP contribution in [0.25, 0.3) is 0 Å². The number of amides is 1. The van der Waals surface area contributed by atoms with Crippen molar-refractivity contribution in [2.45, 2.75) is 31.7 Å². The fourth-order valence-corrected chi connectivity index (χ4v) is 1.44. The Morgan fingerprint density at radius 3 is 2.60 bits per heavy atom. The Morgan fingerprint density at radius 2 is 2.00 bits per heavy atom. The topological polar surface area (TPSA) is 29.1 Å². The Morgan fingerprint density at radius 1 is 1.33 bits per heavy atom. The average Bonchev–Trinajstić information content (AvgIpc) is 3.01. The number of rotatable bonds is 4. The highest BCUT2D eigenvalue weighted by atomic mass is 19.1. The van der Waals surface area contributed by atoms with Crippen LogP contribution in [0.5, 0.6) is 0 Å². The molecule has 1 saturated carbocycles. The predicted octanol–water partition coefficient (Wildman–Crippen LogP) is 2.04. The van der Waals surface area contributed by atoms with Crippen LogP contribution in [0.3, 0.4) is 0 Å². The second-order valence-electron chi connectivity index (χ2n) is 3.97. The lowest BCUT2D eigenvalue weighted by molar-refractivity contribution is -0.121. The normalized spacial score (nSPS) is 15.0. The molecule has 15 heavy (non-hydrogen) atoms. The van der Waals surface area contributed by atoms with Gasteiger partial charge in [-0.1, -0.05) is 12.1 Å². The number of aryl methyl sites for hydroxylation is 1. The number of carbonyl (C=O) groups is 1. The van der Waals surface area contributed by atoms with Gasteiger partial charge in [0, 0.05) is 12.5 Å². The van der Waals surface area contributed by atoms with Crippen LogP contribution >= 0.6 is 0 Å². The van der Waals surface area contributed by atoms with E-state index in [1.165, 1.54) is 12.1 Å². The maximum atomic E-state index is 12.6. The molecule has 0 unspecified atom stereocenters. The van der Waals surface area contributed by atoms with E-state index in [1.54, 1.807) is 12.1 Å². The monoisotopic (exact) mass is 207 g/mol. The molecule has 1 aromatic rings. The molecule has 0 radical (unpaired) electrons. The third kappa shape index (κ3) is 3.35. The van der Waals surface area contributed by atoms with Gasteiger partial charge in [0.1, 0.15) is 5.82 Å². The van der Waals surface area contributed by atoms with Gasteiger partial charge in [0.2, 0.25) is 5.91 Å². The van der Waals surface area contributed by atoms with Crippen molar-refractivity contribution in [1.29, 1.82) is 0 Å². The van der Waals surface area contributed by atoms with E-state index in [4.69, 9.17) is 0 Å². The van der Waals surface area contributed by atoms with Crippen molar-refractivity contribution >= 4 is 5.91 Å². The van der Waals surface area contributed by atoms with Gasteiger partial charge >= 0.3 is 0 Å². The third-order valence-corrected chi connectivity index (χ3v) is 2.50. The summed E-state index contributed by atoms with van der Waals surface area (Å²) < 4.78 is 12.6. The van der Waals surface area contributed by atoms with E-state index in [0.717, 1.165) is 18.4 Å². The lowest BCUT2D eigenvalue weighted by Gasteiger charge is -2.03. The summed E-state index contributed by atoms with van der Waals surface area (Å²) in [7, 11) is 0. The van der Waals surface area contributed by atoms with Gasteiger partial charge in [-0.15, -0.1) is 0 Å². The highest BCUT2D eigenvalue weighted by molar-refractivity contribution is 5.76. The summed E-state index contributed by atoms with van der Waals surface area (Å²) in [5.41, 5.74) is 1.00. The van der Waals surface area contributed by atoms with E-state index in [1.807, 2.05) is 0 Å². The highest BCUT2D eigenvalue weighted by Crippen LogP contribution is 2.18. The molecule has 0 heterocycles. The van der Waals surface area contributed by atoms with Crippen molar-refractivity contribution in [1.82, 2.24) is 5.32 Å². The Labute approximate surface area is 88.5 Å². The summed E-state index contributed by atoms with van der Waals surface area (Å²) in [6.45, 7) is 0. The van der Waals surface area contributed by atoms with Crippen LogP contribution in [0.4, 0.5) is 4.39 Å². The average molecular weight is 207 g/mol. The Bertz CT molecular complexity index is 343. The first kappa shape index (κ1) is 10.1. The molecule has 1 amide bonds. The summed E-state index contributed by atoms with van der Waals surface area (Å²) in [5.74, 6) is -0.136. The van der Waals surface area contributed by atoms with E-state index in [0.29, 0.717) is 18.9 Å². The molecule has 1 N–H and O–H groups in total. The number of benzene rings is 1. The molecule has 0 bridgehead atoms. The number of halogens is 1. The first-order valence-corrected chi connectivity index (χ1v) is 5.28. The molecule has 1 aliphatic carbocycles. The van der Waals surface area contributed by atoms with Crippen LogP contribution in [0, 0.1) is 5.82 Å². The van der Waals surface area contributed by atoms with Crippen LogP contribution in [-0.4, -0.2) is 11.9 Å². The van der Waals surface area contributed by atoms with Crippen molar-refractivity contribution in [3.63, 3.8) is 0 Å². The SMILES string of the molecule is O=C(CCc1ccc(F)cc1)NC1CC1. The predicted molar refractivity (Wildman–Crippen MR) is 55.9 cm³/mol. The minimum Gasteiger partial charge on any atom is -0.353 e. The third-order valence-electron chi connectivity index (χ3n) is 2.50. The lowest BCUT2D eigenvalue weighted by atomic mass is 10.1. The fourth-order valence-electron chi connectivity index (χ4n) is 1.44. The first-order valence-electron chi connectivity index (χ1n) is 5.28. The van der Waals surface area contributed by atoms with Gasteiger partial charge in [-0.05, 0) is 37.0 Å². The van der Waals surface area contributed by atoms with Gasteiger partial charge in [0.15, 0.2) is 0 Å². The van der Waals surface area contributed by atoms with Crippen molar-refractivity contribution in [3.05, 3.63) is 35.6 Å². The molecule has 0 aliphatic heterocycles. The van der Waals surface area contributed by atoms with Gasteiger partial charge in [-0.25, -0.2) is 4.39 Å². The van der Waals surface area contributed by atoms with Crippen LogP contribution in [0.1, 0.15) is 24.8 Å². The summed E-state index contributed by atoms with van der Waals surface area (Å²) >= 11 is 0. The Kier molecular flexibility index (Phi) is 2.99. The quantitative estimate of drug-likeness (QED) is 0.804. The first-order chi connectivity index (χ1) is 7.24. The number of carbonyl (C=O) groups excluding carboxylic acids is 1. The Hall–Kier alpha value is -1.38. The van der Waals surface area contributed by atoms with Crippen LogP contribution in [0.2, 0.25) is 0 Å². The van der Waals surface area contributed by atoms with Crippen molar-refractivity contribution < 1.29 is 9.18 Å². The highest BCUT2D eigenvalue weighted by Gasteiger charge is 2.22. The Balaban J connectivity index is 1.76. The van der Waals surface area contributed by atoms with E-state index in [-0.39, 0.29) is 11.7 Å². The molecule has 0 aromatic heterocycles. The molecule has 3 heteroatoms. The molecule has 1 aliphatic rings. The molecule has 0 spiro atoms. The summed E-state index contributed by atoms with van der Waals surface area (Å²) in [6.07, 6.45) is 3.39. The van der Waals surface area contributed by atoms with E-state index in [9.17, 15) is 9.18 Å². The number of nitrogens with one attached hydrogen (secondary N) is 1. The smallest absolute Gasteiger partial charge is 0.220 e. The van der Waals surface area contributed by atoms with Gasteiger partial charge in [0.05, 0.1) is 0 Å². The van der Waals surface area contributed by atoms with E-state index in [2.05, 4.69) is 5.32 Å². The van der Waals surface area contributed by atoms with Crippen molar-refractivity contribution in [3.8, 4) is 0 Å². The number of hydrogen-bond donors (Lipinski definition) is 1. The largest absolute Gasteiger partial charge is 0.353 e. The number of hydrogen-bond acceptors (Lipinski definition) is 1. The summed E-state index contributed by atoms with van der Waals surface area (Å²) in [5, 5.41) is 2.92. The van der Waals surface area contributed by atoms with Gasteiger partial charge in [0.25, 0.3) is 0 Å². The minimum absolute atomic E-state index is 0.0989. The van der Waals surface area contributed by atoms with Crippen LogP contribution in [-0.2, 0) is 11.2 Å². The van der Waals surface area contributed by atoms with Gasteiger partial charge in [-0.3, -0.25) is 4.79 Å². The van der Waals surface area contributed by atoms with Gasteiger partial charge < -0.3 is 5.32 Å². The van der Waals surface area contributed by atoms with E-state index >= 15 is 0 Å². The molecule has 1 fully saturated rings.